The Bertz CT molecular complexity index is 202. The third-order valence-electron chi connectivity index (χ3n) is 1.82. The van der Waals surface area contributed by atoms with Crippen molar-refractivity contribution in [3.63, 3.8) is 0 Å². The van der Waals surface area contributed by atoms with E-state index < -0.39 is 5.72 Å². The molecule has 3 nitrogen and oxygen atoms in total. The van der Waals surface area contributed by atoms with Crippen molar-refractivity contribution < 1.29 is 9.53 Å². The van der Waals surface area contributed by atoms with Crippen LogP contribution in [0.3, 0.4) is 0 Å². The van der Waals surface area contributed by atoms with E-state index in [0.29, 0.717) is 6.61 Å². The molecule has 0 aliphatic heterocycles. The fourth-order valence-electron chi connectivity index (χ4n) is 1.01. The molecular weight excluding hydrogens is 178 g/mol. The Morgan fingerprint density at radius 1 is 1.29 bits per heavy atom. The largest absolute Gasteiger partial charge is 0.353 e. The predicted molar refractivity (Wildman–Crippen MR) is 57.8 cm³/mol. The molecule has 0 aliphatic rings. The second-order valence-electron chi connectivity index (χ2n) is 5.48. The molecule has 1 unspecified atom stereocenters. The Hall–Kier alpha value is -0.410. The van der Waals surface area contributed by atoms with Crippen molar-refractivity contribution in [2.75, 3.05) is 6.61 Å². The molecule has 0 amide bonds. The molecule has 0 aromatic rings. The van der Waals surface area contributed by atoms with Gasteiger partial charge in [-0.05, 0) is 12.3 Å². The van der Waals surface area contributed by atoms with Crippen molar-refractivity contribution in [3.8, 4) is 0 Å². The van der Waals surface area contributed by atoms with E-state index in [-0.39, 0.29) is 17.1 Å². The lowest BCUT2D eigenvalue weighted by Gasteiger charge is -2.29. The first-order valence-corrected chi connectivity index (χ1v) is 5.03. The summed E-state index contributed by atoms with van der Waals surface area (Å²) in [5, 5.41) is 0. The first-order chi connectivity index (χ1) is 6.06. The number of rotatable bonds is 4. The lowest BCUT2D eigenvalue weighted by Crippen LogP contribution is -2.50. The van der Waals surface area contributed by atoms with Gasteiger partial charge >= 0.3 is 0 Å². The third-order valence-corrected chi connectivity index (χ3v) is 1.82. The van der Waals surface area contributed by atoms with Gasteiger partial charge in [-0.3, -0.25) is 10.5 Å². The van der Waals surface area contributed by atoms with E-state index in [1.165, 1.54) is 0 Å². The van der Waals surface area contributed by atoms with E-state index in [4.69, 9.17) is 10.5 Å². The Balaban J connectivity index is 4.28. The van der Waals surface area contributed by atoms with Crippen LogP contribution in [0.5, 0.6) is 0 Å². The van der Waals surface area contributed by atoms with Gasteiger partial charge in [-0.1, -0.05) is 34.6 Å². The normalized spacial score (nSPS) is 16.9. The first kappa shape index (κ1) is 13.6. The summed E-state index contributed by atoms with van der Waals surface area (Å²) < 4.78 is 5.45. The molecule has 0 aliphatic carbocycles. The minimum Gasteiger partial charge on any atom is -0.353 e. The zero-order valence-corrected chi connectivity index (χ0v) is 10.2. The van der Waals surface area contributed by atoms with E-state index in [0.717, 1.165) is 0 Å². The van der Waals surface area contributed by atoms with E-state index in [2.05, 4.69) is 0 Å². The Morgan fingerprint density at radius 3 is 2.00 bits per heavy atom. The molecule has 0 spiro atoms. The third kappa shape index (κ3) is 4.72. The van der Waals surface area contributed by atoms with E-state index in [1.54, 1.807) is 6.92 Å². The van der Waals surface area contributed by atoms with Gasteiger partial charge in [0.2, 0.25) is 0 Å². The van der Waals surface area contributed by atoms with Crippen molar-refractivity contribution in [2.24, 2.45) is 17.1 Å². The second kappa shape index (κ2) is 4.41. The summed E-state index contributed by atoms with van der Waals surface area (Å²) in [6.07, 6.45) is 0. The Kier molecular flexibility index (Phi) is 4.28. The topological polar surface area (TPSA) is 52.3 Å². The van der Waals surface area contributed by atoms with Crippen LogP contribution in [0.25, 0.3) is 0 Å². The highest BCUT2D eigenvalue weighted by Gasteiger charge is 2.32. The Morgan fingerprint density at radius 2 is 1.71 bits per heavy atom. The van der Waals surface area contributed by atoms with Gasteiger partial charge in [-0.25, -0.2) is 0 Å². The monoisotopic (exact) mass is 201 g/mol. The maximum atomic E-state index is 11.6. The minimum absolute atomic E-state index is 0.0257. The number of ether oxygens (including phenoxy) is 1. The number of nitrogens with two attached hydrogens (primary N) is 1. The fraction of sp³-hybridized carbons (Fsp3) is 0.909. The van der Waals surface area contributed by atoms with Crippen LogP contribution in [0.15, 0.2) is 0 Å². The first-order valence-electron chi connectivity index (χ1n) is 5.03. The van der Waals surface area contributed by atoms with Crippen molar-refractivity contribution in [2.45, 2.75) is 47.3 Å². The van der Waals surface area contributed by atoms with Crippen LogP contribution in [0, 0.1) is 11.3 Å². The highest BCUT2D eigenvalue weighted by molar-refractivity contribution is 5.87. The van der Waals surface area contributed by atoms with Gasteiger partial charge in [0.1, 0.15) is 0 Å². The van der Waals surface area contributed by atoms with Crippen molar-refractivity contribution in [3.05, 3.63) is 0 Å². The van der Waals surface area contributed by atoms with Gasteiger partial charge in [0, 0.05) is 5.92 Å². The minimum atomic E-state index is -1.15. The molecule has 3 heteroatoms. The van der Waals surface area contributed by atoms with Gasteiger partial charge in [0.05, 0.1) is 6.61 Å². The van der Waals surface area contributed by atoms with Gasteiger partial charge < -0.3 is 4.74 Å². The summed E-state index contributed by atoms with van der Waals surface area (Å²) >= 11 is 0. The molecule has 0 saturated carbocycles. The van der Waals surface area contributed by atoms with E-state index in [1.807, 2.05) is 34.6 Å². The lowest BCUT2D eigenvalue weighted by atomic mass is 9.97. The predicted octanol–water partition coefficient (Wildman–Crippen LogP) is 1.95. The lowest BCUT2D eigenvalue weighted by molar-refractivity contribution is -0.148. The van der Waals surface area contributed by atoms with Crippen molar-refractivity contribution >= 4 is 5.78 Å². The van der Waals surface area contributed by atoms with Crippen molar-refractivity contribution in [1.29, 1.82) is 0 Å². The molecule has 84 valence electrons. The molecule has 14 heavy (non-hydrogen) atoms. The summed E-state index contributed by atoms with van der Waals surface area (Å²) in [5.41, 5.74) is 4.67. The zero-order chi connectivity index (χ0) is 11.6. The van der Waals surface area contributed by atoms with Crippen LogP contribution in [0.4, 0.5) is 0 Å². The number of hydrogen-bond donors (Lipinski definition) is 1. The fourth-order valence-corrected chi connectivity index (χ4v) is 1.01. The van der Waals surface area contributed by atoms with Crippen LogP contribution in [0.1, 0.15) is 41.5 Å². The van der Waals surface area contributed by atoms with Gasteiger partial charge in [-0.2, -0.15) is 0 Å². The molecule has 0 aromatic carbocycles. The summed E-state index contributed by atoms with van der Waals surface area (Å²) in [6, 6.07) is 0. The smallest absolute Gasteiger partial charge is 0.181 e. The zero-order valence-electron chi connectivity index (χ0n) is 10.2. The molecule has 0 saturated heterocycles. The number of Topliss-reactive ketones (excluding diaryl/α,β-unsaturated/α-hetero) is 1. The maximum absolute atomic E-state index is 11.6. The molecular formula is C11H23NO2. The molecule has 0 aromatic heterocycles. The Labute approximate surface area is 87.0 Å². The van der Waals surface area contributed by atoms with Crippen LogP contribution in [-0.4, -0.2) is 18.1 Å². The molecule has 2 N–H and O–H groups in total. The van der Waals surface area contributed by atoms with Gasteiger partial charge in [0.15, 0.2) is 11.5 Å². The molecule has 0 fully saturated rings. The SMILES string of the molecule is CC(C)C(=O)C(C)(N)OCC(C)(C)C. The molecule has 0 rings (SSSR count). The molecule has 1 atom stereocenters. The van der Waals surface area contributed by atoms with Crippen molar-refractivity contribution in [1.82, 2.24) is 0 Å². The quantitative estimate of drug-likeness (QED) is 0.707. The van der Waals surface area contributed by atoms with E-state index in [9.17, 15) is 4.79 Å². The van der Waals surface area contributed by atoms with E-state index >= 15 is 0 Å². The number of ketones is 1. The number of hydrogen-bond acceptors (Lipinski definition) is 3. The number of carbonyl (C=O) groups is 1. The molecule has 0 heterocycles. The molecule has 0 radical (unpaired) electrons. The average molecular weight is 201 g/mol. The van der Waals surface area contributed by atoms with Crippen LogP contribution in [0.2, 0.25) is 0 Å². The summed E-state index contributed by atoms with van der Waals surface area (Å²) in [5.74, 6) is -0.147. The van der Waals surface area contributed by atoms with Gasteiger partial charge in [-0.15, -0.1) is 0 Å². The summed E-state index contributed by atoms with van der Waals surface area (Å²) in [4.78, 5) is 11.6. The standard InChI is InChI=1S/C11H23NO2/c1-8(2)9(13)11(6,12)14-7-10(3,4)5/h8H,7,12H2,1-6H3. The van der Waals surface area contributed by atoms with Crippen LogP contribution in [-0.2, 0) is 9.53 Å². The van der Waals surface area contributed by atoms with Crippen LogP contribution >= 0.6 is 0 Å². The maximum Gasteiger partial charge on any atom is 0.181 e. The van der Waals surface area contributed by atoms with Gasteiger partial charge in [0.25, 0.3) is 0 Å². The summed E-state index contributed by atoms with van der Waals surface area (Å²) in [7, 11) is 0. The second-order valence-corrected chi connectivity index (χ2v) is 5.48. The van der Waals surface area contributed by atoms with Crippen LogP contribution < -0.4 is 5.73 Å². The molecule has 0 bridgehead atoms. The highest BCUT2D eigenvalue weighted by Crippen LogP contribution is 2.18. The summed E-state index contributed by atoms with van der Waals surface area (Å²) in [6.45, 7) is 11.9. The number of carbonyl (C=O) groups excluding carboxylic acids is 1. The highest BCUT2D eigenvalue weighted by atomic mass is 16.5. The average Bonchev–Trinajstić information content (AvgIpc) is 1.98.